The van der Waals surface area contributed by atoms with Crippen molar-refractivity contribution in [2.24, 2.45) is 0 Å². The number of ether oxygens (including phenoxy) is 1. The molecule has 0 saturated heterocycles. The summed E-state index contributed by atoms with van der Waals surface area (Å²) >= 11 is 0. The molecular weight excluding hydrogens is 629 g/mol. The first kappa shape index (κ1) is 49.9. The Hall–Kier alpha value is -1.06. The van der Waals surface area contributed by atoms with E-state index in [2.05, 4.69) is 13.8 Å². The van der Waals surface area contributed by atoms with Crippen molar-refractivity contribution >= 4 is 11.9 Å². The van der Waals surface area contributed by atoms with Crippen LogP contribution in [0.3, 0.4) is 0 Å². The van der Waals surface area contributed by atoms with Gasteiger partial charge in [-0.3, -0.25) is 9.59 Å². The van der Waals surface area contributed by atoms with Gasteiger partial charge in [0.25, 0.3) is 0 Å². The molecule has 4 heteroatoms. The zero-order valence-corrected chi connectivity index (χ0v) is 34.9. The Morgan fingerprint density at radius 2 is 0.588 bits per heavy atom. The summed E-state index contributed by atoms with van der Waals surface area (Å²) in [6.07, 6.45) is 52.9. The van der Waals surface area contributed by atoms with Gasteiger partial charge in [-0.1, -0.05) is 232 Å². The minimum Gasteiger partial charge on any atom is -0.481 e. The average molecular weight is 721 g/mol. The molecule has 4 nitrogen and oxygen atoms in total. The number of carboxylic acid groups (broad SMARTS) is 1. The third-order valence-electron chi connectivity index (χ3n) is 11.1. The van der Waals surface area contributed by atoms with Gasteiger partial charge >= 0.3 is 11.9 Å². The fourth-order valence-corrected chi connectivity index (χ4v) is 7.60. The molecular formula is C47H92O4. The smallest absolute Gasteiger partial charge is 0.306 e. The van der Waals surface area contributed by atoms with Crippen LogP contribution < -0.4 is 0 Å². The van der Waals surface area contributed by atoms with Crippen molar-refractivity contribution in [3.05, 3.63) is 0 Å². The minimum atomic E-state index is -0.694. The van der Waals surface area contributed by atoms with Crippen molar-refractivity contribution in [2.75, 3.05) is 0 Å². The van der Waals surface area contributed by atoms with Gasteiger partial charge in [0.1, 0.15) is 6.10 Å². The van der Waals surface area contributed by atoms with Crippen molar-refractivity contribution in [1.29, 1.82) is 0 Å². The van der Waals surface area contributed by atoms with E-state index in [1.165, 1.54) is 193 Å². The monoisotopic (exact) mass is 721 g/mol. The molecule has 1 atom stereocenters. The van der Waals surface area contributed by atoms with Gasteiger partial charge in [-0.15, -0.1) is 0 Å². The quantitative estimate of drug-likeness (QED) is 0.0503. The van der Waals surface area contributed by atoms with E-state index < -0.39 is 5.97 Å². The zero-order valence-electron chi connectivity index (χ0n) is 34.9. The molecule has 0 aliphatic carbocycles. The molecule has 0 radical (unpaired) electrons. The molecule has 1 unspecified atom stereocenters. The van der Waals surface area contributed by atoms with Crippen LogP contribution in [0.25, 0.3) is 0 Å². The predicted molar refractivity (Wildman–Crippen MR) is 223 cm³/mol. The maximum Gasteiger partial charge on any atom is 0.306 e. The summed E-state index contributed by atoms with van der Waals surface area (Å²) in [6.45, 7) is 4.58. The van der Waals surface area contributed by atoms with E-state index in [1.807, 2.05) is 0 Å². The Labute approximate surface area is 320 Å². The molecule has 0 aromatic carbocycles. The molecule has 0 fully saturated rings. The maximum atomic E-state index is 12.7. The molecule has 0 saturated carbocycles. The highest BCUT2D eigenvalue weighted by Crippen LogP contribution is 2.20. The second kappa shape index (κ2) is 43.3. The van der Waals surface area contributed by atoms with E-state index in [0.717, 1.165) is 64.2 Å². The number of hydrogen-bond donors (Lipinski definition) is 1. The topological polar surface area (TPSA) is 63.6 Å². The van der Waals surface area contributed by atoms with Crippen LogP contribution in [0, 0.1) is 0 Å². The van der Waals surface area contributed by atoms with Gasteiger partial charge in [0.2, 0.25) is 0 Å². The lowest BCUT2D eigenvalue weighted by Crippen LogP contribution is -2.18. The zero-order chi connectivity index (χ0) is 37.1. The number of aliphatic carboxylic acids is 1. The van der Waals surface area contributed by atoms with Gasteiger partial charge in [0.15, 0.2) is 0 Å². The second-order valence-corrected chi connectivity index (χ2v) is 16.3. The lowest BCUT2D eigenvalue weighted by atomic mass is 10.0. The molecule has 0 heterocycles. The van der Waals surface area contributed by atoms with Crippen LogP contribution >= 0.6 is 0 Å². The molecule has 0 aromatic rings. The summed E-state index contributed by atoms with van der Waals surface area (Å²) in [7, 11) is 0. The average Bonchev–Trinajstić information content (AvgIpc) is 3.12. The summed E-state index contributed by atoms with van der Waals surface area (Å²) in [5.74, 6) is -0.682. The Balaban J connectivity index is 3.87. The summed E-state index contributed by atoms with van der Waals surface area (Å²) in [5, 5.41) is 8.85. The van der Waals surface area contributed by atoms with Crippen LogP contribution in [0.1, 0.15) is 284 Å². The molecule has 0 rings (SSSR count). The first-order valence-electron chi connectivity index (χ1n) is 23.5. The van der Waals surface area contributed by atoms with E-state index in [-0.39, 0.29) is 18.5 Å². The third kappa shape index (κ3) is 43.2. The number of carboxylic acids is 1. The highest BCUT2D eigenvalue weighted by Gasteiger charge is 2.14. The third-order valence-corrected chi connectivity index (χ3v) is 11.1. The SMILES string of the molecule is CCCCCCCCCCCCCCCCCCCCCCC(=O)OC(CCCCCCCCCCCCCCC)CCCCCCCC(=O)O. The number of carbonyl (C=O) groups is 2. The van der Waals surface area contributed by atoms with E-state index in [9.17, 15) is 9.59 Å². The lowest BCUT2D eigenvalue weighted by molar-refractivity contribution is -0.150. The Kier molecular flexibility index (Phi) is 42.4. The van der Waals surface area contributed by atoms with Gasteiger partial charge in [0, 0.05) is 12.8 Å². The summed E-state index contributed by atoms with van der Waals surface area (Å²) in [5.41, 5.74) is 0. The Morgan fingerprint density at radius 1 is 0.353 bits per heavy atom. The molecule has 0 aromatic heterocycles. The van der Waals surface area contributed by atoms with Crippen LogP contribution in [0.2, 0.25) is 0 Å². The number of rotatable bonds is 44. The number of hydrogen-bond acceptors (Lipinski definition) is 3. The molecule has 0 bridgehead atoms. The predicted octanol–water partition coefficient (Wildman–Crippen LogP) is 16.4. The van der Waals surface area contributed by atoms with Gasteiger partial charge < -0.3 is 9.84 Å². The molecule has 0 spiro atoms. The maximum absolute atomic E-state index is 12.7. The molecule has 0 amide bonds. The summed E-state index contributed by atoms with van der Waals surface area (Å²) in [6, 6.07) is 0. The summed E-state index contributed by atoms with van der Waals surface area (Å²) < 4.78 is 6.04. The molecule has 0 aliphatic rings. The van der Waals surface area contributed by atoms with Crippen molar-refractivity contribution in [3.8, 4) is 0 Å². The van der Waals surface area contributed by atoms with Gasteiger partial charge in [-0.2, -0.15) is 0 Å². The number of esters is 1. The van der Waals surface area contributed by atoms with Gasteiger partial charge in [-0.05, 0) is 38.5 Å². The van der Waals surface area contributed by atoms with E-state index in [4.69, 9.17) is 9.84 Å². The highest BCUT2D eigenvalue weighted by molar-refractivity contribution is 5.69. The van der Waals surface area contributed by atoms with Crippen LogP contribution in [-0.2, 0) is 14.3 Å². The first-order valence-corrected chi connectivity index (χ1v) is 23.5. The van der Waals surface area contributed by atoms with Crippen LogP contribution in [0.4, 0.5) is 0 Å². The lowest BCUT2D eigenvalue weighted by Gasteiger charge is -2.18. The van der Waals surface area contributed by atoms with Gasteiger partial charge in [-0.25, -0.2) is 0 Å². The highest BCUT2D eigenvalue weighted by atomic mass is 16.5. The van der Waals surface area contributed by atoms with E-state index in [1.54, 1.807) is 0 Å². The fourth-order valence-electron chi connectivity index (χ4n) is 7.60. The number of carbonyl (C=O) groups excluding carboxylic acids is 1. The van der Waals surface area contributed by atoms with E-state index in [0.29, 0.717) is 6.42 Å². The van der Waals surface area contributed by atoms with Crippen LogP contribution in [-0.4, -0.2) is 23.1 Å². The second-order valence-electron chi connectivity index (χ2n) is 16.3. The van der Waals surface area contributed by atoms with Crippen molar-refractivity contribution in [1.82, 2.24) is 0 Å². The number of unbranched alkanes of at least 4 members (excludes halogenated alkanes) is 35. The Bertz CT molecular complexity index is 692. The van der Waals surface area contributed by atoms with Crippen LogP contribution in [0.5, 0.6) is 0 Å². The first-order chi connectivity index (χ1) is 25.1. The van der Waals surface area contributed by atoms with Gasteiger partial charge in [0.05, 0.1) is 0 Å². The summed E-state index contributed by atoms with van der Waals surface area (Å²) in [4.78, 5) is 23.5. The fraction of sp³-hybridized carbons (Fsp3) is 0.957. The van der Waals surface area contributed by atoms with Crippen molar-refractivity contribution < 1.29 is 19.4 Å². The normalized spacial score (nSPS) is 12.0. The molecule has 1 N–H and O–H groups in total. The van der Waals surface area contributed by atoms with Crippen molar-refractivity contribution in [2.45, 2.75) is 290 Å². The molecule has 0 aliphatic heterocycles. The largest absolute Gasteiger partial charge is 0.481 e. The standard InChI is InChI=1S/C47H92O4/c1-3-5-7-9-11-13-15-17-18-19-20-21-22-23-25-27-29-31-36-40-44-47(50)51-45(42-38-34-32-35-39-43-46(48)49)41-37-33-30-28-26-24-16-14-12-10-8-6-4-2/h45H,3-44H2,1-2H3,(H,48,49). The van der Waals surface area contributed by atoms with E-state index >= 15 is 0 Å². The minimum absolute atomic E-state index is 0.0126. The van der Waals surface area contributed by atoms with Crippen molar-refractivity contribution in [3.63, 3.8) is 0 Å². The molecule has 51 heavy (non-hydrogen) atoms. The Morgan fingerprint density at radius 3 is 0.863 bits per heavy atom. The molecule has 304 valence electrons. The van der Waals surface area contributed by atoms with Crippen LogP contribution in [0.15, 0.2) is 0 Å².